The van der Waals surface area contributed by atoms with Gasteiger partial charge in [-0.3, -0.25) is 9.88 Å². The van der Waals surface area contributed by atoms with Crippen LogP contribution in [0.4, 0.5) is 5.82 Å². The van der Waals surface area contributed by atoms with Crippen LogP contribution >= 0.6 is 0 Å². The highest BCUT2D eigenvalue weighted by Crippen LogP contribution is 2.26. The lowest BCUT2D eigenvalue weighted by molar-refractivity contribution is 0.271. The van der Waals surface area contributed by atoms with E-state index in [0.717, 1.165) is 37.6 Å². The second kappa shape index (κ2) is 8.49. The monoisotopic (exact) mass is 430 g/mol. The second-order valence-corrected chi connectivity index (χ2v) is 9.66. The van der Waals surface area contributed by atoms with E-state index in [1.165, 1.54) is 6.26 Å². The Hall–Kier alpha value is -2.85. The molecule has 0 radical (unpaired) electrons. The van der Waals surface area contributed by atoms with Crippen molar-refractivity contribution in [2.75, 3.05) is 49.6 Å². The molecule has 1 fully saturated rings. The predicted molar refractivity (Wildman–Crippen MR) is 116 cm³/mol. The van der Waals surface area contributed by atoms with E-state index in [0.29, 0.717) is 29.7 Å². The first-order valence-corrected chi connectivity index (χ1v) is 11.8. The summed E-state index contributed by atoms with van der Waals surface area (Å²) in [6, 6.07) is 9.59. The molecule has 10 heteroatoms. The molecule has 0 atom stereocenters. The van der Waals surface area contributed by atoms with Crippen molar-refractivity contribution in [2.24, 2.45) is 0 Å². The van der Waals surface area contributed by atoms with Crippen molar-refractivity contribution in [1.29, 1.82) is 0 Å². The number of aromatic nitrogens is 4. The first-order chi connectivity index (χ1) is 14.4. The number of nitrogens with zero attached hydrogens (tertiary/aromatic N) is 6. The lowest BCUT2D eigenvalue weighted by atomic mass is 10.2. The molecule has 9 nitrogen and oxygen atoms in total. The molecule has 0 aliphatic carbocycles. The second-order valence-electron chi connectivity index (χ2n) is 7.40. The van der Waals surface area contributed by atoms with Crippen molar-refractivity contribution in [2.45, 2.75) is 6.92 Å². The number of benzene rings is 1. The maximum atomic E-state index is 11.4. The van der Waals surface area contributed by atoms with Crippen LogP contribution in [-0.4, -0.2) is 78.2 Å². The maximum absolute atomic E-state index is 11.4. The number of anilines is 1. The zero-order valence-electron chi connectivity index (χ0n) is 17.0. The highest BCUT2D eigenvalue weighted by molar-refractivity contribution is 7.90. The lowest BCUT2D eigenvalue weighted by Gasteiger charge is -2.35. The molecule has 160 valence electrons. The van der Waals surface area contributed by atoms with Crippen LogP contribution in [0.1, 0.15) is 7.12 Å². The number of rotatable bonds is 6. The molecular weight excluding hydrogens is 404 g/mol. The molecule has 0 saturated carbocycles. The van der Waals surface area contributed by atoms with Gasteiger partial charge in [0.05, 0.1) is 17.6 Å². The van der Waals surface area contributed by atoms with Crippen LogP contribution in [-0.2, 0) is 9.84 Å². The van der Waals surface area contributed by atoms with Gasteiger partial charge in [0.1, 0.15) is 15.7 Å². The van der Waals surface area contributed by atoms with Crippen molar-refractivity contribution in [1.82, 2.24) is 25.1 Å². The Bertz CT molecular complexity index is 1110. The van der Waals surface area contributed by atoms with Crippen LogP contribution < -0.4 is 4.90 Å². The van der Waals surface area contributed by atoms with Gasteiger partial charge in [-0.05, 0) is 19.1 Å². The van der Waals surface area contributed by atoms with E-state index < -0.39 is 9.84 Å². The Balaban J connectivity index is 0.00000272. The Labute approximate surface area is 177 Å². The summed E-state index contributed by atoms with van der Waals surface area (Å²) >= 11 is 0. The standard InChI is InChI=1S/C20H24N6O3S.H2/c1-15-18(20-24-23-19(29-20)16-6-4-3-5-7-16)22-17(14-21-15)26-10-8-25(9-11-26)12-13-30(2,27)28;/h3-7,14H,8-13H2,1-2H3;1H. The first-order valence-electron chi connectivity index (χ1n) is 9.77. The van der Waals surface area contributed by atoms with Crippen molar-refractivity contribution in [3.05, 3.63) is 42.2 Å². The number of hydrogen-bond acceptors (Lipinski definition) is 9. The van der Waals surface area contributed by atoms with Crippen LogP contribution in [0.5, 0.6) is 0 Å². The quantitative estimate of drug-likeness (QED) is 0.580. The topological polar surface area (TPSA) is 105 Å². The lowest BCUT2D eigenvalue weighted by Crippen LogP contribution is -2.48. The van der Waals surface area contributed by atoms with E-state index >= 15 is 0 Å². The van der Waals surface area contributed by atoms with Crippen LogP contribution in [0.3, 0.4) is 0 Å². The van der Waals surface area contributed by atoms with Crippen LogP contribution in [0.2, 0.25) is 0 Å². The van der Waals surface area contributed by atoms with Gasteiger partial charge in [0, 0.05) is 46.0 Å². The molecule has 0 amide bonds. The normalized spacial score (nSPS) is 15.5. The molecule has 1 aliphatic rings. The Morgan fingerprint density at radius 3 is 2.47 bits per heavy atom. The Kier molecular flexibility index (Phi) is 5.78. The fourth-order valence-corrected chi connectivity index (χ4v) is 3.90. The third-order valence-corrected chi connectivity index (χ3v) is 5.99. The maximum Gasteiger partial charge on any atom is 0.268 e. The minimum absolute atomic E-state index is 0. The first kappa shape index (κ1) is 20.4. The van der Waals surface area contributed by atoms with Gasteiger partial charge < -0.3 is 9.32 Å². The van der Waals surface area contributed by atoms with E-state index in [-0.39, 0.29) is 7.18 Å². The summed E-state index contributed by atoms with van der Waals surface area (Å²) in [6.45, 7) is 5.47. The minimum Gasteiger partial charge on any atom is -0.415 e. The van der Waals surface area contributed by atoms with Gasteiger partial charge in [-0.1, -0.05) is 18.2 Å². The molecule has 0 bridgehead atoms. The molecule has 1 saturated heterocycles. The van der Waals surface area contributed by atoms with Crippen molar-refractivity contribution in [3.8, 4) is 23.0 Å². The number of sulfone groups is 1. The predicted octanol–water partition coefficient (Wildman–Crippen LogP) is 1.91. The smallest absolute Gasteiger partial charge is 0.268 e. The van der Waals surface area contributed by atoms with Crippen LogP contribution in [0.25, 0.3) is 23.0 Å². The molecule has 3 aromatic rings. The third-order valence-electron chi connectivity index (χ3n) is 5.07. The van der Waals surface area contributed by atoms with Crippen LogP contribution in [0, 0.1) is 6.92 Å². The van der Waals surface area contributed by atoms with Gasteiger partial charge in [0.2, 0.25) is 5.89 Å². The summed E-state index contributed by atoms with van der Waals surface area (Å²) in [5, 5.41) is 8.31. The van der Waals surface area contributed by atoms with Gasteiger partial charge in [-0.15, -0.1) is 10.2 Å². The SMILES string of the molecule is Cc1ncc(N2CCN(CCS(C)(=O)=O)CC2)nc1-c1nnc(-c2ccccc2)o1.[HH]. The van der Waals surface area contributed by atoms with Gasteiger partial charge in [-0.2, -0.15) is 0 Å². The average Bonchev–Trinajstić information content (AvgIpc) is 3.23. The fourth-order valence-electron chi connectivity index (χ4n) is 3.31. The molecule has 1 aromatic carbocycles. The molecule has 4 rings (SSSR count). The van der Waals surface area contributed by atoms with Gasteiger partial charge in [0.15, 0.2) is 5.69 Å². The van der Waals surface area contributed by atoms with Crippen molar-refractivity contribution < 1.29 is 14.3 Å². The molecule has 0 spiro atoms. The summed E-state index contributed by atoms with van der Waals surface area (Å²) in [5.41, 5.74) is 2.14. The zero-order chi connectivity index (χ0) is 21.1. The van der Waals surface area contributed by atoms with E-state index in [4.69, 9.17) is 9.40 Å². The number of aryl methyl sites for hydroxylation is 1. The summed E-state index contributed by atoms with van der Waals surface area (Å²) in [6.07, 6.45) is 3.02. The highest BCUT2D eigenvalue weighted by Gasteiger charge is 2.21. The molecule has 0 N–H and O–H groups in total. The Morgan fingerprint density at radius 2 is 1.77 bits per heavy atom. The van der Waals surface area contributed by atoms with E-state index in [1.54, 1.807) is 6.20 Å². The largest absolute Gasteiger partial charge is 0.415 e. The van der Waals surface area contributed by atoms with Gasteiger partial charge in [0.25, 0.3) is 5.89 Å². The third kappa shape index (κ3) is 4.82. The molecule has 1 aliphatic heterocycles. The molecule has 2 aromatic heterocycles. The average molecular weight is 431 g/mol. The number of piperazine rings is 1. The van der Waals surface area contributed by atoms with E-state index in [9.17, 15) is 8.42 Å². The fraction of sp³-hybridized carbons (Fsp3) is 0.400. The molecular formula is C20H26N6O3S. The van der Waals surface area contributed by atoms with Gasteiger partial charge in [-0.25, -0.2) is 13.4 Å². The van der Waals surface area contributed by atoms with E-state index in [1.807, 2.05) is 37.3 Å². The highest BCUT2D eigenvalue weighted by atomic mass is 32.2. The summed E-state index contributed by atoms with van der Waals surface area (Å²) in [7, 11) is -2.95. The van der Waals surface area contributed by atoms with Crippen LogP contribution in [0.15, 0.2) is 40.9 Å². The Morgan fingerprint density at radius 1 is 1.07 bits per heavy atom. The summed E-state index contributed by atoms with van der Waals surface area (Å²) in [5.74, 6) is 1.71. The number of hydrogen-bond donors (Lipinski definition) is 0. The van der Waals surface area contributed by atoms with E-state index in [2.05, 4.69) is 25.0 Å². The zero-order valence-corrected chi connectivity index (χ0v) is 17.8. The minimum atomic E-state index is -2.95. The van der Waals surface area contributed by atoms with Gasteiger partial charge >= 0.3 is 0 Å². The molecule has 3 heterocycles. The summed E-state index contributed by atoms with van der Waals surface area (Å²) < 4.78 is 28.6. The molecule has 30 heavy (non-hydrogen) atoms. The summed E-state index contributed by atoms with van der Waals surface area (Å²) in [4.78, 5) is 13.5. The molecule has 0 unspecified atom stereocenters. The van der Waals surface area contributed by atoms with Crippen molar-refractivity contribution >= 4 is 15.7 Å². The van der Waals surface area contributed by atoms with Crippen molar-refractivity contribution in [3.63, 3.8) is 0 Å².